The summed E-state index contributed by atoms with van der Waals surface area (Å²) < 4.78 is 14.3. The molecule has 0 aliphatic carbocycles. The van der Waals surface area contributed by atoms with E-state index in [1.165, 1.54) is 11.5 Å². The Labute approximate surface area is 87.4 Å². The van der Waals surface area contributed by atoms with Crippen LogP contribution in [0.3, 0.4) is 0 Å². The van der Waals surface area contributed by atoms with E-state index in [1.54, 1.807) is 0 Å². The van der Waals surface area contributed by atoms with E-state index in [0.717, 1.165) is 13.0 Å². The van der Waals surface area contributed by atoms with E-state index in [1.807, 2.05) is 0 Å². The zero-order valence-corrected chi connectivity index (χ0v) is 9.05. The Bertz CT molecular complexity index is 254. The van der Waals surface area contributed by atoms with Crippen molar-refractivity contribution in [3.05, 3.63) is 5.69 Å². The van der Waals surface area contributed by atoms with Crippen LogP contribution in [0.25, 0.3) is 0 Å². The van der Waals surface area contributed by atoms with E-state index >= 15 is 0 Å². The molecule has 1 heterocycles. The number of hydrogen-bond acceptors (Lipinski definition) is 6. The molecule has 0 saturated carbocycles. The number of aromatic nitrogens is 2. The number of anilines is 1. The van der Waals surface area contributed by atoms with Gasteiger partial charge in [-0.05, 0) is 6.42 Å². The van der Waals surface area contributed by atoms with Gasteiger partial charge in [0.05, 0.1) is 19.8 Å². The van der Waals surface area contributed by atoms with Crippen LogP contribution in [0.5, 0.6) is 0 Å². The fourth-order valence-corrected chi connectivity index (χ4v) is 1.28. The molecule has 0 saturated heterocycles. The van der Waals surface area contributed by atoms with E-state index in [2.05, 4.69) is 16.5 Å². The maximum absolute atomic E-state index is 5.59. The van der Waals surface area contributed by atoms with E-state index in [0.29, 0.717) is 30.5 Å². The SMILES string of the molecule is CCCOCCOCc1nnsc1N. The van der Waals surface area contributed by atoms with Crippen LogP contribution < -0.4 is 5.73 Å². The molecule has 1 aromatic heterocycles. The second-order valence-corrected chi connectivity index (χ2v) is 3.53. The third kappa shape index (κ3) is 3.99. The molecule has 6 heteroatoms. The summed E-state index contributed by atoms with van der Waals surface area (Å²) in [6, 6.07) is 0. The Kier molecular flexibility index (Phi) is 5.43. The van der Waals surface area contributed by atoms with Crippen molar-refractivity contribution >= 4 is 16.5 Å². The van der Waals surface area contributed by atoms with Gasteiger partial charge in [0, 0.05) is 18.1 Å². The third-order valence-electron chi connectivity index (χ3n) is 1.54. The minimum atomic E-state index is 0.415. The summed E-state index contributed by atoms with van der Waals surface area (Å²) >= 11 is 1.18. The van der Waals surface area contributed by atoms with Crippen LogP contribution >= 0.6 is 11.5 Å². The highest BCUT2D eigenvalue weighted by Gasteiger charge is 2.02. The fourth-order valence-electron chi connectivity index (χ4n) is 0.849. The van der Waals surface area contributed by atoms with Crippen molar-refractivity contribution < 1.29 is 9.47 Å². The minimum absolute atomic E-state index is 0.415. The van der Waals surface area contributed by atoms with Gasteiger partial charge in [0.25, 0.3) is 0 Å². The summed E-state index contributed by atoms with van der Waals surface area (Å²) in [7, 11) is 0. The normalized spacial score (nSPS) is 10.6. The van der Waals surface area contributed by atoms with E-state index in [9.17, 15) is 0 Å². The van der Waals surface area contributed by atoms with Gasteiger partial charge in [-0.3, -0.25) is 0 Å². The van der Waals surface area contributed by atoms with Crippen molar-refractivity contribution in [3.63, 3.8) is 0 Å². The number of hydrogen-bond donors (Lipinski definition) is 1. The smallest absolute Gasteiger partial charge is 0.133 e. The average molecular weight is 217 g/mol. The summed E-state index contributed by atoms with van der Waals surface area (Å²) in [4.78, 5) is 0. The van der Waals surface area contributed by atoms with Gasteiger partial charge in [0.15, 0.2) is 0 Å². The zero-order chi connectivity index (χ0) is 10.2. The first-order valence-corrected chi connectivity index (χ1v) is 5.34. The lowest BCUT2D eigenvalue weighted by molar-refractivity contribution is 0.0399. The predicted molar refractivity (Wildman–Crippen MR) is 55.1 cm³/mol. The highest BCUT2D eigenvalue weighted by molar-refractivity contribution is 7.09. The predicted octanol–water partition coefficient (Wildman–Crippen LogP) is 1.06. The number of nitrogens with two attached hydrogens (primary N) is 1. The van der Waals surface area contributed by atoms with Gasteiger partial charge in [0.1, 0.15) is 10.7 Å². The van der Waals surface area contributed by atoms with Crippen LogP contribution in [0.15, 0.2) is 0 Å². The molecule has 80 valence electrons. The minimum Gasteiger partial charge on any atom is -0.388 e. The van der Waals surface area contributed by atoms with Crippen LogP contribution in [0.1, 0.15) is 19.0 Å². The monoisotopic (exact) mass is 217 g/mol. The largest absolute Gasteiger partial charge is 0.388 e. The number of ether oxygens (including phenoxy) is 2. The summed E-state index contributed by atoms with van der Waals surface area (Å²) in [5, 5.41) is 4.45. The van der Waals surface area contributed by atoms with Crippen molar-refractivity contribution in [2.45, 2.75) is 20.0 Å². The summed E-state index contributed by atoms with van der Waals surface area (Å²) in [5.41, 5.74) is 6.30. The average Bonchev–Trinajstić information content (AvgIpc) is 2.58. The van der Waals surface area contributed by atoms with E-state index in [4.69, 9.17) is 15.2 Å². The van der Waals surface area contributed by atoms with Gasteiger partial charge in [0.2, 0.25) is 0 Å². The van der Waals surface area contributed by atoms with Gasteiger partial charge in [-0.15, -0.1) is 5.10 Å². The lowest BCUT2D eigenvalue weighted by atomic mass is 10.5. The number of rotatable bonds is 7. The molecule has 0 radical (unpaired) electrons. The molecular weight excluding hydrogens is 202 g/mol. The molecule has 0 fully saturated rings. The highest BCUT2D eigenvalue weighted by atomic mass is 32.1. The molecule has 1 aromatic rings. The van der Waals surface area contributed by atoms with Gasteiger partial charge in [-0.1, -0.05) is 11.4 Å². The maximum Gasteiger partial charge on any atom is 0.133 e. The van der Waals surface area contributed by atoms with Gasteiger partial charge in [-0.25, -0.2) is 0 Å². The fraction of sp³-hybridized carbons (Fsp3) is 0.750. The van der Waals surface area contributed by atoms with Crippen molar-refractivity contribution in [1.29, 1.82) is 0 Å². The topological polar surface area (TPSA) is 70.3 Å². The number of nitrogens with zero attached hydrogens (tertiary/aromatic N) is 2. The molecule has 0 amide bonds. The number of nitrogen functional groups attached to an aromatic ring is 1. The zero-order valence-electron chi connectivity index (χ0n) is 8.23. The summed E-state index contributed by atoms with van der Waals surface area (Å²) in [6.45, 7) is 4.45. The molecule has 0 bridgehead atoms. The Hall–Kier alpha value is -0.720. The first kappa shape index (κ1) is 11.4. The van der Waals surface area contributed by atoms with Crippen LogP contribution in [0.4, 0.5) is 5.00 Å². The van der Waals surface area contributed by atoms with E-state index < -0.39 is 0 Å². The quantitative estimate of drug-likeness (QED) is 0.692. The van der Waals surface area contributed by atoms with Crippen molar-refractivity contribution in [2.24, 2.45) is 0 Å². The molecule has 0 spiro atoms. The van der Waals surface area contributed by atoms with E-state index in [-0.39, 0.29) is 0 Å². The van der Waals surface area contributed by atoms with Gasteiger partial charge >= 0.3 is 0 Å². The maximum atomic E-state index is 5.59. The molecule has 5 nitrogen and oxygen atoms in total. The Balaban J connectivity index is 2.02. The Morgan fingerprint density at radius 3 is 2.71 bits per heavy atom. The van der Waals surface area contributed by atoms with Crippen LogP contribution in [0.2, 0.25) is 0 Å². The molecule has 0 unspecified atom stereocenters. The van der Waals surface area contributed by atoms with Crippen LogP contribution in [0, 0.1) is 0 Å². The molecule has 1 rings (SSSR count). The van der Waals surface area contributed by atoms with Crippen LogP contribution in [-0.2, 0) is 16.1 Å². The third-order valence-corrected chi connectivity index (χ3v) is 2.14. The van der Waals surface area contributed by atoms with Crippen molar-refractivity contribution in [3.8, 4) is 0 Å². The molecule has 0 aliphatic heterocycles. The molecule has 2 N–H and O–H groups in total. The molecule has 14 heavy (non-hydrogen) atoms. The highest BCUT2D eigenvalue weighted by Crippen LogP contribution is 2.12. The molecule has 0 atom stereocenters. The van der Waals surface area contributed by atoms with Crippen LogP contribution in [-0.4, -0.2) is 29.4 Å². The van der Waals surface area contributed by atoms with Crippen molar-refractivity contribution in [1.82, 2.24) is 9.59 Å². The second-order valence-electron chi connectivity index (χ2n) is 2.75. The van der Waals surface area contributed by atoms with Gasteiger partial charge < -0.3 is 15.2 Å². The lowest BCUT2D eigenvalue weighted by Gasteiger charge is -2.03. The first-order valence-electron chi connectivity index (χ1n) is 4.56. The Morgan fingerprint density at radius 1 is 1.29 bits per heavy atom. The standard InChI is InChI=1S/C8H15N3O2S/c1-2-3-12-4-5-13-6-7-8(9)14-11-10-7/h2-6,9H2,1H3. The summed E-state index contributed by atoms with van der Waals surface area (Å²) in [6.07, 6.45) is 1.03. The Morgan fingerprint density at radius 2 is 2.07 bits per heavy atom. The molecular formula is C8H15N3O2S. The second kappa shape index (κ2) is 6.69. The first-order chi connectivity index (χ1) is 6.84. The van der Waals surface area contributed by atoms with Crippen molar-refractivity contribution in [2.75, 3.05) is 25.6 Å². The molecule has 0 aromatic carbocycles. The van der Waals surface area contributed by atoms with Gasteiger partial charge in [-0.2, -0.15) is 0 Å². The summed E-state index contributed by atoms with van der Waals surface area (Å²) in [5.74, 6) is 0. The molecule has 0 aliphatic rings. The lowest BCUT2D eigenvalue weighted by Crippen LogP contribution is -2.05.